The number of nitrogens with one attached hydrogen (secondary N) is 1. The van der Waals surface area contributed by atoms with E-state index in [9.17, 15) is 24.1 Å². The van der Waals surface area contributed by atoms with Gasteiger partial charge in [0.25, 0.3) is 11.2 Å². The number of aromatic nitrogens is 3. The van der Waals surface area contributed by atoms with Crippen LogP contribution in [0.3, 0.4) is 0 Å². The fourth-order valence-electron chi connectivity index (χ4n) is 3.43. The summed E-state index contributed by atoms with van der Waals surface area (Å²) in [6, 6.07) is 9.85. The van der Waals surface area contributed by atoms with E-state index in [1.165, 1.54) is 35.0 Å². The SMILES string of the molecule is O=c1nc(Nc2ccc(I)cc2F)c2c(=O)n(C3CC3)nc(-c3cccc([N+](=O)[O-])c3)c2o1. The molecule has 0 radical (unpaired) electrons. The summed E-state index contributed by atoms with van der Waals surface area (Å²) < 4.78 is 21.6. The first-order valence-electron chi connectivity index (χ1n) is 9.76. The summed E-state index contributed by atoms with van der Waals surface area (Å²) in [6.07, 6.45) is 1.46. The molecule has 0 bridgehead atoms. The predicted molar refractivity (Wildman–Crippen MR) is 125 cm³/mol. The quantitative estimate of drug-likeness (QED) is 0.219. The average Bonchev–Trinajstić information content (AvgIpc) is 3.61. The molecule has 0 atom stereocenters. The van der Waals surface area contributed by atoms with Crippen LogP contribution >= 0.6 is 22.6 Å². The molecule has 0 saturated heterocycles. The van der Waals surface area contributed by atoms with Gasteiger partial charge in [-0.1, -0.05) is 12.1 Å². The number of benzene rings is 2. The Morgan fingerprint density at radius 2 is 2.00 bits per heavy atom. The predicted octanol–water partition coefficient (Wildman–Crippen LogP) is 4.14. The summed E-state index contributed by atoms with van der Waals surface area (Å²) >= 11 is 1.96. The molecule has 10 nitrogen and oxygen atoms in total. The standard InChI is InChI=1S/C21H13FIN5O5/c22-14-9-11(23)4-7-15(14)24-19-16-18(33-21(30)25-19)17(26-27(20(16)29)12-5-6-12)10-2-1-3-13(8-10)28(31)32/h1-4,7-9,12H,5-6H2,(H,24,25,30). The molecule has 166 valence electrons. The number of non-ortho nitro benzene ring substituents is 1. The molecule has 0 spiro atoms. The highest BCUT2D eigenvalue weighted by atomic mass is 127. The molecule has 1 aliphatic rings. The molecule has 0 unspecified atom stereocenters. The Hall–Kier alpha value is -3.68. The van der Waals surface area contributed by atoms with E-state index in [4.69, 9.17) is 4.42 Å². The van der Waals surface area contributed by atoms with E-state index in [2.05, 4.69) is 15.4 Å². The third-order valence-electron chi connectivity index (χ3n) is 5.11. The summed E-state index contributed by atoms with van der Waals surface area (Å²) in [7, 11) is 0. The van der Waals surface area contributed by atoms with Crippen LogP contribution in [0.25, 0.3) is 22.2 Å². The van der Waals surface area contributed by atoms with Crippen molar-refractivity contribution in [1.29, 1.82) is 0 Å². The van der Waals surface area contributed by atoms with Crippen LogP contribution in [0.15, 0.2) is 56.5 Å². The van der Waals surface area contributed by atoms with Crippen molar-refractivity contribution in [3.63, 3.8) is 0 Å². The molecule has 1 fully saturated rings. The van der Waals surface area contributed by atoms with E-state index in [-0.39, 0.29) is 45.5 Å². The van der Waals surface area contributed by atoms with E-state index < -0.39 is 22.1 Å². The number of nitro groups is 1. The minimum atomic E-state index is -1.03. The first-order chi connectivity index (χ1) is 15.8. The Morgan fingerprint density at radius 3 is 2.70 bits per heavy atom. The molecule has 1 saturated carbocycles. The van der Waals surface area contributed by atoms with Gasteiger partial charge in [0.1, 0.15) is 16.9 Å². The maximum absolute atomic E-state index is 14.5. The van der Waals surface area contributed by atoms with Gasteiger partial charge in [-0.15, -0.1) is 0 Å². The summed E-state index contributed by atoms with van der Waals surface area (Å²) in [4.78, 5) is 40.0. The van der Waals surface area contributed by atoms with Crippen molar-refractivity contribution in [2.75, 3.05) is 5.32 Å². The fraction of sp³-hybridized carbons (Fsp3) is 0.143. The summed E-state index contributed by atoms with van der Waals surface area (Å²) in [5, 5.41) is 18.2. The molecule has 2 heterocycles. The topological polar surface area (TPSA) is 133 Å². The Labute approximate surface area is 197 Å². The maximum Gasteiger partial charge on any atom is 0.441 e. The highest BCUT2D eigenvalue weighted by molar-refractivity contribution is 14.1. The van der Waals surface area contributed by atoms with Crippen LogP contribution in [0.1, 0.15) is 18.9 Å². The molecule has 0 aliphatic heterocycles. The molecular formula is C21H13FIN5O5. The highest BCUT2D eigenvalue weighted by Crippen LogP contribution is 2.36. The lowest BCUT2D eigenvalue weighted by Crippen LogP contribution is -2.25. The maximum atomic E-state index is 14.5. The van der Waals surface area contributed by atoms with Crippen LogP contribution in [0.2, 0.25) is 0 Å². The molecule has 12 heteroatoms. The fourth-order valence-corrected chi connectivity index (χ4v) is 3.88. The number of anilines is 2. The molecule has 33 heavy (non-hydrogen) atoms. The Kier molecular flexibility index (Phi) is 5.15. The third-order valence-corrected chi connectivity index (χ3v) is 5.78. The lowest BCUT2D eigenvalue weighted by Gasteiger charge is -2.13. The number of hydrogen-bond acceptors (Lipinski definition) is 8. The molecule has 2 aromatic carbocycles. The number of rotatable bonds is 5. The molecule has 2 aromatic heterocycles. The van der Waals surface area contributed by atoms with Gasteiger partial charge in [-0.05, 0) is 53.6 Å². The van der Waals surface area contributed by atoms with Gasteiger partial charge in [-0.25, -0.2) is 13.9 Å². The summed E-state index contributed by atoms with van der Waals surface area (Å²) in [5.74, 6) is -1.82. The van der Waals surface area contributed by atoms with Crippen molar-refractivity contribution in [1.82, 2.24) is 14.8 Å². The summed E-state index contributed by atoms with van der Waals surface area (Å²) in [6.45, 7) is 0. The van der Waals surface area contributed by atoms with Gasteiger partial charge in [0.15, 0.2) is 11.4 Å². The molecule has 1 aliphatic carbocycles. The first kappa shape index (κ1) is 21.2. The van der Waals surface area contributed by atoms with E-state index in [0.29, 0.717) is 3.57 Å². The number of halogens is 2. The Morgan fingerprint density at radius 1 is 1.21 bits per heavy atom. The van der Waals surface area contributed by atoms with Gasteiger partial charge in [-0.2, -0.15) is 10.1 Å². The van der Waals surface area contributed by atoms with Crippen LogP contribution < -0.4 is 16.6 Å². The number of nitrogens with zero attached hydrogens (tertiary/aromatic N) is 4. The van der Waals surface area contributed by atoms with Crippen LogP contribution in [0, 0.1) is 19.5 Å². The van der Waals surface area contributed by atoms with Gasteiger partial charge in [-0.3, -0.25) is 14.9 Å². The first-order valence-corrected chi connectivity index (χ1v) is 10.8. The number of fused-ring (bicyclic) bond motifs is 1. The van der Waals surface area contributed by atoms with Crippen molar-refractivity contribution in [3.05, 3.63) is 82.9 Å². The largest absolute Gasteiger partial charge is 0.441 e. The normalized spacial score (nSPS) is 13.3. The van der Waals surface area contributed by atoms with Gasteiger partial charge < -0.3 is 9.73 Å². The summed E-state index contributed by atoms with van der Waals surface area (Å²) in [5.41, 5.74) is -0.574. The monoisotopic (exact) mass is 561 g/mol. The van der Waals surface area contributed by atoms with E-state index >= 15 is 0 Å². The van der Waals surface area contributed by atoms with Crippen molar-refractivity contribution >= 4 is 50.8 Å². The smallest absolute Gasteiger partial charge is 0.405 e. The lowest BCUT2D eigenvalue weighted by molar-refractivity contribution is -0.384. The second-order valence-corrected chi connectivity index (χ2v) is 8.66. The van der Waals surface area contributed by atoms with Crippen LogP contribution in [-0.4, -0.2) is 19.7 Å². The molecule has 4 aromatic rings. The van der Waals surface area contributed by atoms with Gasteiger partial charge in [0.05, 0.1) is 16.7 Å². The van der Waals surface area contributed by atoms with Crippen LogP contribution in [0.4, 0.5) is 21.6 Å². The van der Waals surface area contributed by atoms with Gasteiger partial charge in [0, 0.05) is 21.3 Å². The van der Waals surface area contributed by atoms with E-state index in [1.54, 1.807) is 12.1 Å². The molecule has 5 rings (SSSR count). The second-order valence-electron chi connectivity index (χ2n) is 7.42. The van der Waals surface area contributed by atoms with Crippen molar-refractivity contribution < 1.29 is 13.7 Å². The number of hydrogen-bond donors (Lipinski definition) is 1. The van der Waals surface area contributed by atoms with E-state index in [0.717, 1.165) is 12.8 Å². The molecule has 1 N–H and O–H groups in total. The lowest BCUT2D eigenvalue weighted by atomic mass is 10.1. The zero-order valence-corrected chi connectivity index (χ0v) is 18.8. The minimum Gasteiger partial charge on any atom is -0.405 e. The molecular weight excluding hydrogens is 548 g/mol. The van der Waals surface area contributed by atoms with Crippen molar-refractivity contribution in [3.8, 4) is 11.3 Å². The Balaban J connectivity index is 1.80. The molecule has 0 amide bonds. The van der Waals surface area contributed by atoms with Gasteiger partial charge in [0.2, 0.25) is 0 Å². The Bertz CT molecular complexity index is 1560. The van der Waals surface area contributed by atoms with E-state index in [1.807, 2.05) is 22.6 Å². The highest BCUT2D eigenvalue weighted by Gasteiger charge is 2.30. The zero-order chi connectivity index (χ0) is 23.3. The number of nitro benzene ring substituents is 1. The second kappa shape index (κ2) is 8.03. The van der Waals surface area contributed by atoms with Crippen molar-refractivity contribution in [2.45, 2.75) is 18.9 Å². The van der Waals surface area contributed by atoms with Crippen molar-refractivity contribution in [2.24, 2.45) is 0 Å². The van der Waals surface area contributed by atoms with Gasteiger partial charge >= 0.3 is 5.76 Å². The average molecular weight is 561 g/mol. The van der Waals surface area contributed by atoms with Crippen LogP contribution in [0.5, 0.6) is 0 Å². The third kappa shape index (κ3) is 3.97. The van der Waals surface area contributed by atoms with Crippen LogP contribution in [-0.2, 0) is 0 Å². The minimum absolute atomic E-state index is 0.0147. The zero-order valence-electron chi connectivity index (χ0n) is 16.6.